The van der Waals surface area contributed by atoms with Crippen LogP contribution in [0.5, 0.6) is 0 Å². The van der Waals surface area contributed by atoms with Crippen molar-refractivity contribution in [1.29, 1.82) is 0 Å². The molecule has 2 aromatic rings. The van der Waals surface area contributed by atoms with Crippen LogP contribution in [-0.2, 0) is 4.79 Å². The van der Waals surface area contributed by atoms with Crippen LogP contribution in [0.1, 0.15) is 44.3 Å². The summed E-state index contributed by atoms with van der Waals surface area (Å²) in [6.07, 6.45) is -0.692. The maximum atomic E-state index is 14.4. The molecule has 0 bridgehead atoms. The quantitative estimate of drug-likeness (QED) is 0.860. The second kappa shape index (κ2) is 5.04. The van der Waals surface area contributed by atoms with Gasteiger partial charge in [-0.15, -0.1) is 0 Å². The van der Waals surface area contributed by atoms with E-state index in [0.29, 0.717) is 10.4 Å². The van der Waals surface area contributed by atoms with E-state index in [2.05, 4.69) is 5.43 Å². The van der Waals surface area contributed by atoms with Crippen molar-refractivity contribution in [3.63, 3.8) is 0 Å². The number of benzene rings is 1. The second-order valence-corrected chi connectivity index (χ2v) is 5.59. The molecule has 1 unspecified atom stereocenters. The van der Waals surface area contributed by atoms with Crippen LogP contribution in [-0.4, -0.2) is 15.3 Å². The van der Waals surface area contributed by atoms with Gasteiger partial charge in [-0.25, -0.2) is 13.8 Å². The Morgan fingerprint density at radius 3 is 2.77 bits per heavy atom. The molecule has 1 aromatic heterocycles. The van der Waals surface area contributed by atoms with Crippen molar-refractivity contribution >= 4 is 17.0 Å². The summed E-state index contributed by atoms with van der Waals surface area (Å²) in [5.41, 5.74) is 2.57. The number of rotatable bonds is 2. The number of amides is 1. The maximum absolute atomic E-state index is 14.4. The number of nitrogens with one attached hydrogen (secondary N) is 1. The summed E-state index contributed by atoms with van der Waals surface area (Å²) in [6.45, 7) is 3.66. The summed E-state index contributed by atoms with van der Waals surface area (Å²) in [6, 6.07) is 3.13. The van der Waals surface area contributed by atoms with E-state index in [-0.39, 0.29) is 29.9 Å². The summed E-state index contributed by atoms with van der Waals surface area (Å²) in [5.74, 6) is -1.90. The van der Waals surface area contributed by atoms with Crippen molar-refractivity contribution in [3.8, 4) is 0 Å². The highest BCUT2D eigenvalue weighted by Gasteiger charge is 2.38. The zero-order chi connectivity index (χ0) is 16.0. The zero-order valence-corrected chi connectivity index (χ0v) is 12.1. The van der Waals surface area contributed by atoms with Gasteiger partial charge in [0.25, 0.3) is 5.91 Å². The lowest BCUT2D eigenvalue weighted by atomic mass is 10.0. The number of hydrogen-bond acceptors (Lipinski definition) is 4. The molecule has 0 spiro atoms. The molecule has 1 aliphatic heterocycles. The molecular weight excluding hydrogens is 293 g/mol. The minimum absolute atomic E-state index is 0.0666. The molecule has 1 aromatic carbocycles. The largest absolute Gasteiger partial charge is 0.425 e. The average Bonchev–Trinajstić information content (AvgIpc) is 2.76. The normalized spacial score (nSPS) is 19.0. The molecule has 116 valence electrons. The molecule has 7 nitrogen and oxygen atoms in total. The lowest BCUT2D eigenvalue weighted by Crippen LogP contribution is -2.44. The van der Waals surface area contributed by atoms with Crippen molar-refractivity contribution in [1.82, 2.24) is 9.99 Å². The highest BCUT2D eigenvalue weighted by Crippen LogP contribution is 2.28. The molecule has 0 saturated carbocycles. The van der Waals surface area contributed by atoms with Gasteiger partial charge in [-0.05, 0) is 17.5 Å². The predicted octanol–water partition coefficient (Wildman–Crippen LogP) is 1.96. The Morgan fingerprint density at radius 2 is 2.14 bits per heavy atom. The van der Waals surface area contributed by atoms with Crippen LogP contribution in [0, 0.1) is 10.7 Å². The Morgan fingerprint density at radius 1 is 1.41 bits per heavy atom. The van der Waals surface area contributed by atoms with Gasteiger partial charge in [0, 0.05) is 12.8 Å². The predicted molar refractivity (Wildman–Crippen MR) is 74.6 cm³/mol. The van der Waals surface area contributed by atoms with Crippen LogP contribution >= 0.6 is 0 Å². The van der Waals surface area contributed by atoms with Crippen molar-refractivity contribution in [2.75, 3.05) is 0 Å². The van der Waals surface area contributed by atoms with Crippen LogP contribution in [0.4, 0.5) is 4.39 Å². The van der Waals surface area contributed by atoms with Gasteiger partial charge in [-0.3, -0.25) is 4.79 Å². The van der Waals surface area contributed by atoms with Crippen LogP contribution in [0.2, 0.25) is 0 Å². The first-order chi connectivity index (χ1) is 10.4. The first-order valence-electron chi connectivity index (χ1n) is 6.99. The number of hydrogen-bond donors (Lipinski definition) is 1. The third-order valence-electron chi connectivity index (χ3n) is 3.81. The standard InChI is InChI=1S/C14H14FN3O4/c1-7(2)8-3-4-9-13(12(8)15)22-14(20)17(9)11-6-5-10(19)16-18(11)21/h3-4,7,11H,5-6H2,1-2H3/p+1. The minimum atomic E-state index is -0.948. The molecule has 3 rings (SSSR count). The Balaban J connectivity index is 2.17. The Bertz CT molecular complexity index is 836. The van der Waals surface area contributed by atoms with Gasteiger partial charge < -0.3 is 4.42 Å². The summed E-state index contributed by atoms with van der Waals surface area (Å²) in [4.78, 5) is 35.4. The van der Waals surface area contributed by atoms with Gasteiger partial charge >= 0.3 is 11.9 Å². The van der Waals surface area contributed by atoms with Crippen molar-refractivity contribution < 1.29 is 18.5 Å². The van der Waals surface area contributed by atoms with E-state index in [9.17, 15) is 18.9 Å². The molecule has 1 amide bonds. The minimum Gasteiger partial charge on any atom is -0.404 e. The zero-order valence-electron chi connectivity index (χ0n) is 12.1. The number of halogens is 1. The number of carbonyl (C=O) groups excluding carboxylic acids is 1. The summed E-state index contributed by atoms with van der Waals surface area (Å²) in [5, 5.41) is 0. The monoisotopic (exact) mass is 308 g/mol. The lowest BCUT2D eigenvalue weighted by Gasteiger charge is -2.14. The van der Waals surface area contributed by atoms with E-state index in [1.807, 2.05) is 13.8 Å². The fourth-order valence-corrected chi connectivity index (χ4v) is 2.68. The highest BCUT2D eigenvalue weighted by atomic mass is 19.1. The third-order valence-corrected chi connectivity index (χ3v) is 3.81. The number of fused-ring (bicyclic) bond motifs is 1. The fourth-order valence-electron chi connectivity index (χ4n) is 2.68. The van der Waals surface area contributed by atoms with Crippen molar-refractivity contribution in [2.24, 2.45) is 0 Å². The number of aromatic nitrogens is 1. The van der Waals surface area contributed by atoms with Crippen LogP contribution in [0.25, 0.3) is 11.1 Å². The molecule has 0 radical (unpaired) electrons. The third kappa shape index (κ3) is 2.11. The second-order valence-electron chi connectivity index (χ2n) is 5.59. The molecule has 8 heteroatoms. The number of nitrogens with zero attached hydrogens (tertiary/aromatic N) is 2. The Labute approximate surface area is 124 Å². The molecule has 22 heavy (non-hydrogen) atoms. The Hall–Kier alpha value is -2.51. The van der Waals surface area contributed by atoms with Gasteiger partial charge in [0.15, 0.2) is 11.4 Å². The van der Waals surface area contributed by atoms with Gasteiger partial charge in [0.2, 0.25) is 0 Å². The summed E-state index contributed by atoms with van der Waals surface area (Å²) in [7, 11) is 0. The van der Waals surface area contributed by atoms with Gasteiger partial charge in [0.1, 0.15) is 4.87 Å². The van der Waals surface area contributed by atoms with E-state index in [0.717, 1.165) is 4.57 Å². The lowest BCUT2D eigenvalue weighted by molar-refractivity contribution is -0.656. The molecule has 2 heterocycles. The molecule has 1 aliphatic rings. The smallest absolute Gasteiger partial charge is 0.404 e. The van der Waals surface area contributed by atoms with E-state index >= 15 is 0 Å². The van der Waals surface area contributed by atoms with E-state index in [1.165, 1.54) is 0 Å². The number of hydrazine groups is 1. The summed E-state index contributed by atoms with van der Waals surface area (Å²) >= 11 is 0. The van der Waals surface area contributed by atoms with Gasteiger partial charge in [-0.1, -0.05) is 25.3 Å². The summed E-state index contributed by atoms with van der Waals surface area (Å²) < 4.78 is 20.5. The van der Waals surface area contributed by atoms with Crippen molar-refractivity contribution in [3.05, 3.63) is 39.0 Å². The topological polar surface area (TPSA) is 84.3 Å². The first-order valence-corrected chi connectivity index (χ1v) is 6.99. The van der Waals surface area contributed by atoms with Crippen LogP contribution in [0.15, 0.2) is 21.3 Å². The fraction of sp³-hybridized carbons (Fsp3) is 0.429. The van der Waals surface area contributed by atoms with Crippen LogP contribution in [0.3, 0.4) is 0 Å². The number of oxazole rings is 1. The van der Waals surface area contributed by atoms with E-state index in [1.54, 1.807) is 12.1 Å². The molecule has 0 aliphatic carbocycles. The van der Waals surface area contributed by atoms with Crippen molar-refractivity contribution in [2.45, 2.75) is 38.8 Å². The van der Waals surface area contributed by atoms with E-state index < -0.39 is 23.6 Å². The number of carbonyl (C=O) groups is 1. The van der Waals surface area contributed by atoms with Crippen LogP contribution < -0.4 is 11.2 Å². The molecule has 1 N–H and O–H groups in total. The highest BCUT2D eigenvalue weighted by molar-refractivity contribution is 5.76. The molecule has 1 fully saturated rings. The first kappa shape index (κ1) is 14.4. The Kier molecular flexibility index (Phi) is 3.31. The van der Waals surface area contributed by atoms with Gasteiger partial charge in [0.05, 0.1) is 10.4 Å². The average molecular weight is 308 g/mol. The molecular formula is C14H15FN3O4+. The molecule has 1 saturated heterocycles. The maximum Gasteiger partial charge on any atom is 0.425 e. The van der Waals surface area contributed by atoms with Gasteiger partial charge in [-0.2, -0.15) is 0 Å². The van der Waals surface area contributed by atoms with E-state index in [4.69, 9.17) is 4.42 Å². The molecule has 1 atom stereocenters. The number of nitroso groups, excluding NO2 is 1. The SMILES string of the molecule is CC(C)c1ccc2c(oc(=O)n2C2CCC(=O)N[N+]2=O)c1F.